The molecular formula is C11H19NO3. The Balaban J connectivity index is 1.77. The number of hydrogen-bond donors (Lipinski definition) is 0. The fraction of sp³-hybridized carbons (Fsp3) is 0.909. The molecule has 2 saturated heterocycles. The second-order valence-corrected chi connectivity index (χ2v) is 4.44. The maximum atomic E-state index is 11.9. The van der Waals surface area contributed by atoms with Crippen molar-refractivity contribution in [3.05, 3.63) is 0 Å². The highest BCUT2D eigenvalue weighted by Gasteiger charge is 2.26. The number of ether oxygens (including phenoxy) is 2. The first kappa shape index (κ1) is 11.0. The van der Waals surface area contributed by atoms with Crippen LogP contribution in [0.15, 0.2) is 0 Å². The normalized spacial score (nSPS) is 33.1. The third kappa shape index (κ3) is 3.00. The maximum Gasteiger partial charge on any atom is 0.152 e. The lowest BCUT2D eigenvalue weighted by atomic mass is 10.0. The van der Waals surface area contributed by atoms with Crippen molar-refractivity contribution < 1.29 is 14.3 Å². The van der Waals surface area contributed by atoms with Crippen LogP contribution in [0.2, 0.25) is 0 Å². The van der Waals surface area contributed by atoms with Gasteiger partial charge in [-0.2, -0.15) is 0 Å². The molecule has 0 bridgehead atoms. The van der Waals surface area contributed by atoms with Crippen molar-refractivity contribution in [2.45, 2.75) is 19.4 Å². The van der Waals surface area contributed by atoms with Crippen LogP contribution in [0.1, 0.15) is 13.3 Å². The van der Waals surface area contributed by atoms with Crippen LogP contribution in [-0.2, 0) is 14.3 Å². The minimum atomic E-state index is 0.142. The van der Waals surface area contributed by atoms with Gasteiger partial charge in [0.2, 0.25) is 0 Å². The van der Waals surface area contributed by atoms with Gasteiger partial charge in [0, 0.05) is 25.6 Å². The van der Waals surface area contributed by atoms with E-state index in [1.165, 1.54) is 0 Å². The highest BCUT2D eigenvalue weighted by Crippen LogP contribution is 2.14. The molecule has 0 N–H and O–H groups in total. The van der Waals surface area contributed by atoms with E-state index in [1.54, 1.807) is 0 Å². The topological polar surface area (TPSA) is 38.8 Å². The fourth-order valence-corrected chi connectivity index (χ4v) is 2.17. The first-order chi connectivity index (χ1) is 7.25. The Kier molecular flexibility index (Phi) is 3.72. The Morgan fingerprint density at radius 1 is 1.47 bits per heavy atom. The van der Waals surface area contributed by atoms with E-state index in [-0.39, 0.29) is 12.0 Å². The van der Waals surface area contributed by atoms with E-state index in [0.717, 1.165) is 32.7 Å². The van der Waals surface area contributed by atoms with Gasteiger partial charge in [-0.1, -0.05) is 0 Å². The quantitative estimate of drug-likeness (QED) is 0.676. The minimum Gasteiger partial charge on any atom is -0.381 e. The van der Waals surface area contributed by atoms with Crippen LogP contribution in [-0.4, -0.2) is 56.2 Å². The first-order valence-corrected chi connectivity index (χ1v) is 5.70. The average Bonchev–Trinajstić information content (AvgIpc) is 2.70. The van der Waals surface area contributed by atoms with Gasteiger partial charge in [0.05, 0.1) is 25.9 Å². The van der Waals surface area contributed by atoms with Crippen molar-refractivity contribution in [3.8, 4) is 0 Å². The van der Waals surface area contributed by atoms with Gasteiger partial charge in [-0.25, -0.2) is 0 Å². The molecule has 0 aliphatic carbocycles. The molecule has 2 aliphatic rings. The monoisotopic (exact) mass is 213 g/mol. The zero-order valence-electron chi connectivity index (χ0n) is 9.28. The largest absolute Gasteiger partial charge is 0.381 e. The van der Waals surface area contributed by atoms with Crippen LogP contribution < -0.4 is 0 Å². The molecule has 86 valence electrons. The molecule has 2 atom stereocenters. The van der Waals surface area contributed by atoms with Crippen molar-refractivity contribution in [1.29, 1.82) is 0 Å². The summed E-state index contributed by atoms with van der Waals surface area (Å²) in [6.07, 6.45) is 1.16. The highest BCUT2D eigenvalue weighted by molar-refractivity contribution is 5.83. The molecule has 0 radical (unpaired) electrons. The summed E-state index contributed by atoms with van der Waals surface area (Å²) >= 11 is 0. The Hall–Kier alpha value is -0.450. The maximum absolute atomic E-state index is 11.9. The molecule has 2 heterocycles. The Morgan fingerprint density at radius 3 is 3.00 bits per heavy atom. The lowest BCUT2D eigenvalue weighted by molar-refractivity contribution is -0.125. The zero-order chi connectivity index (χ0) is 10.7. The number of hydrogen-bond acceptors (Lipinski definition) is 4. The molecule has 0 amide bonds. The molecule has 0 aromatic rings. The predicted octanol–water partition coefficient (Wildman–Crippen LogP) is 0.313. The summed E-state index contributed by atoms with van der Waals surface area (Å²) in [5.74, 6) is 0.477. The second-order valence-electron chi connectivity index (χ2n) is 4.44. The number of Topliss-reactive ketones (excluding diaryl/α,β-unsaturated/α-hetero) is 1. The van der Waals surface area contributed by atoms with Gasteiger partial charge in [-0.05, 0) is 13.3 Å². The van der Waals surface area contributed by atoms with Gasteiger partial charge in [0.15, 0.2) is 5.78 Å². The number of nitrogens with zero attached hydrogens (tertiary/aromatic N) is 1. The third-order valence-electron chi connectivity index (χ3n) is 3.09. The van der Waals surface area contributed by atoms with Crippen LogP contribution in [0.4, 0.5) is 0 Å². The third-order valence-corrected chi connectivity index (χ3v) is 3.09. The molecule has 15 heavy (non-hydrogen) atoms. The molecule has 0 saturated carbocycles. The van der Waals surface area contributed by atoms with Gasteiger partial charge < -0.3 is 9.47 Å². The highest BCUT2D eigenvalue weighted by atomic mass is 16.5. The van der Waals surface area contributed by atoms with Gasteiger partial charge in [0.1, 0.15) is 0 Å². The van der Waals surface area contributed by atoms with Crippen LogP contribution in [0, 0.1) is 5.92 Å². The minimum absolute atomic E-state index is 0.142. The smallest absolute Gasteiger partial charge is 0.152 e. The molecule has 4 heteroatoms. The van der Waals surface area contributed by atoms with E-state index in [1.807, 2.05) is 0 Å². The molecule has 2 fully saturated rings. The SMILES string of the molecule is CC1CN(CC(=O)C2CCOC2)CCO1. The standard InChI is InChI=1S/C11H19NO3/c1-9-6-12(3-5-15-9)7-11(13)10-2-4-14-8-10/h9-10H,2-8H2,1H3. The van der Waals surface area contributed by atoms with E-state index in [9.17, 15) is 4.79 Å². The number of ketones is 1. The summed E-state index contributed by atoms with van der Waals surface area (Å²) < 4.78 is 10.7. The summed E-state index contributed by atoms with van der Waals surface area (Å²) in [5, 5.41) is 0. The van der Waals surface area contributed by atoms with Crippen LogP contribution in [0.25, 0.3) is 0 Å². The lowest BCUT2D eigenvalue weighted by Gasteiger charge is -2.30. The van der Waals surface area contributed by atoms with Gasteiger partial charge >= 0.3 is 0 Å². The molecule has 0 spiro atoms. The van der Waals surface area contributed by atoms with Crippen molar-refractivity contribution in [3.63, 3.8) is 0 Å². The van der Waals surface area contributed by atoms with Gasteiger partial charge in [-0.15, -0.1) is 0 Å². The predicted molar refractivity (Wildman–Crippen MR) is 55.8 cm³/mol. The molecule has 2 unspecified atom stereocenters. The summed E-state index contributed by atoms with van der Waals surface area (Å²) in [6.45, 7) is 6.49. The molecule has 2 rings (SSSR count). The van der Waals surface area contributed by atoms with E-state index < -0.39 is 0 Å². The fourth-order valence-electron chi connectivity index (χ4n) is 2.17. The van der Waals surface area contributed by atoms with Crippen molar-refractivity contribution in [2.75, 3.05) is 39.5 Å². The number of rotatable bonds is 3. The molecule has 0 aromatic carbocycles. The summed E-state index contributed by atoms with van der Waals surface area (Å²) in [4.78, 5) is 14.0. The first-order valence-electron chi connectivity index (χ1n) is 5.70. The van der Waals surface area contributed by atoms with Crippen molar-refractivity contribution in [1.82, 2.24) is 4.90 Å². The summed E-state index contributed by atoms with van der Waals surface area (Å²) in [7, 11) is 0. The molecule has 2 aliphatic heterocycles. The summed E-state index contributed by atoms with van der Waals surface area (Å²) in [5.41, 5.74) is 0. The molecule has 0 aromatic heterocycles. The van der Waals surface area contributed by atoms with Crippen molar-refractivity contribution in [2.24, 2.45) is 5.92 Å². The van der Waals surface area contributed by atoms with Crippen LogP contribution in [0.5, 0.6) is 0 Å². The van der Waals surface area contributed by atoms with Crippen molar-refractivity contribution >= 4 is 5.78 Å². The van der Waals surface area contributed by atoms with Crippen LogP contribution >= 0.6 is 0 Å². The molecule has 4 nitrogen and oxygen atoms in total. The lowest BCUT2D eigenvalue weighted by Crippen LogP contribution is -2.44. The van der Waals surface area contributed by atoms with Gasteiger partial charge in [-0.3, -0.25) is 9.69 Å². The van der Waals surface area contributed by atoms with E-state index >= 15 is 0 Å². The average molecular weight is 213 g/mol. The Morgan fingerprint density at radius 2 is 2.33 bits per heavy atom. The Bertz CT molecular complexity index is 226. The Labute approximate surface area is 90.5 Å². The molecular weight excluding hydrogens is 194 g/mol. The number of morpholine rings is 1. The zero-order valence-corrected chi connectivity index (χ0v) is 9.28. The van der Waals surface area contributed by atoms with E-state index in [2.05, 4.69) is 11.8 Å². The summed E-state index contributed by atoms with van der Waals surface area (Å²) in [6, 6.07) is 0. The van der Waals surface area contributed by atoms with E-state index in [4.69, 9.17) is 9.47 Å². The number of carbonyl (C=O) groups excluding carboxylic acids is 1. The van der Waals surface area contributed by atoms with E-state index in [0.29, 0.717) is 18.9 Å². The van der Waals surface area contributed by atoms with Gasteiger partial charge in [0.25, 0.3) is 0 Å². The van der Waals surface area contributed by atoms with Crippen LogP contribution in [0.3, 0.4) is 0 Å². The number of carbonyl (C=O) groups is 1. The second kappa shape index (κ2) is 5.05.